The number of hydrogen-bond acceptors (Lipinski definition) is 5. The van der Waals surface area contributed by atoms with Crippen molar-refractivity contribution in [3.8, 4) is 0 Å². The van der Waals surface area contributed by atoms with Crippen LogP contribution in [0.15, 0.2) is 24.4 Å². The number of fused-ring (bicyclic) bond motifs is 2. The highest BCUT2D eigenvalue weighted by Crippen LogP contribution is 2.46. The molecule has 1 saturated heterocycles. The van der Waals surface area contributed by atoms with Crippen LogP contribution in [0.25, 0.3) is 0 Å². The van der Waals surface area contributed by atoms with Crippen LogP contribution in [0, 0.1) is 0 Å². The normalized spacial score (nSPS) is 19.8. The minimum atomic E-state index is -0.427. The summed E-state index contributed by atoms with van der Waals surface area (Å²) < 4.78 is 0. The second-order valence-electron chi connectivity index (χ2n) is 6.17. The molecule has 1 fully saturated rings. The van der Waals surface area contributed by atoms with Crippen LogP contribution < -0.4 is 11.1 Å². The lowest BCUT2D eigenvalue weighted by Gasteiger charge is -2.37. The van der Waals surface area contributed by atoms with Crippen molar-refractivity contribution in [2.45, 2.75) is 24.8 Å². The monoisotopic (exact) mass is 348 g/mol. The van der Waals surface area contributed by atoms with Crippen molar-refractivity contribution in [2.24, 2.45) is 0 Å². The van der Waals surface area contributed by atoms with E-state index in [1.54, 1.807) is 0 Å². The fourth-order valence-electron chi connectivity index (χ4n) is 3.59. The number of likely N-dealkylation sites (tertiary alicyclic amines) is 1. The fraction of sp³-hybridized carbons (Fsp3) is 0.375. The number of anilines is 2. The summed E-state index contributed by atoms with van der Waals surface area (Å²) in [5, 5.41) is 4.30. The molecule has 3 N–H and O–H groups in total. The third-order valence-corrected chi connectivity index (χ3v) is 5.89. The molecule has 0 saturated carbocycles. The van der Waals surface area contributed by atoms with E-state index in [9.17, 15) is 4.79 Å². The number of halogens is 1. The number of hydrogen-bond donors (Lipinski definition) is 2. The molecule has 0 radical (unpaired) electrons. The van der Waals surface area contributed by atoms with Gasteiger partial charge in [-0.2, -0.15) is 0 Å². The Bertz CT molecular complexity index is 767. The third kappa shape index (κ3) is 2.51. The predicted octanol–water partition coefficient (Wildman–Crippen LogP) is 2.86. The molecule has 4 rings (SSSR count). The van der Waals surface area contributed by atoms with Gasteiger partial charge in [0.05, 0.1) is 5.41 Å². The Balaban J connectivity index is 1.53. The SMILES string of the molecule is Nc1ncc(CN2CCC3(CC2)C(=O)Nc2ccc(Cl)cc23)s1. The maximum atomic E-state index is 12.6. The molecule has 3 heterocycles. The maximum Gasteiger partial charge on any atom is 0.235 e. The van der Waals surface area contributed by atoms with Gasteiger partial charge in [0.15, 0.2) is 5.13 Å². The van der Waals surface area contributed by atoms with Crippen molar-refractivity contribution in [2.75, 3.05) is 24.1 Å². The topological polar surface area (TPSA) is 71.2 Å². The molecule has 0 bridgehead atoms. The lowest BCUT2D eigenvalue weighted by molar-refractivity contribution is -0.122. The van der Waals surface area contributed by atoms with Crippen LogP contribution in [0.4, 0.5) is 10.8 Å². The van der Waals surface area contributed by atoms with Crippen LogP contribution in [0.1, 0.15) is 23.3 Å². The second kappa shape index (κ2) is 5.47. The number of nitrogens with one attached hydrogen (secondary N) is 1. The standard InChI is InChI=1S/C16H17ClN4OS/c17-10-1-2-13-12(7-10)16(14(22)20-13)3-5-21(6-4-16)9-11-8-19-15(18)23-11/h1-2,7-8H,3-6,9H2,(H2,18,19)(H,20,22). The molecule has 5 nitrogen and oxygen atoms in total. The van der Waals surface area contributed by atoms with Gasteiger partial charge in [0.1, 0.15) is 0 Å². The molecule has 1 amide bonds. The van der Waals surface area contributed by atoms with Crippen LogP contribution in [0.2, 0.25) is 5.02 Å². The summed E-state index contributed by atoms with van der Waals surface area (Å²) in [6.07, 6.45) is 3.45. The van der Waals surface area contributed by atoms with Crippen molar-refractivity contribution >= 4 is 39.7 Å². The van der Waals surface area contributed by atoms with E-state index in [-0.39, 0.29) is 5.91 Å². The Kier molecular flexibility index (Phi) is 3.55. The Hall–Kier alpha value is -1.63. The molecular formula is C16H17ClN4OS. The van der Waals surface area contributed by atoms with Gasteiger partial charge >= 0.3 is 0 Å². The summed E-state index contributed by atoms with van der Waals surface area (Å²) in [5.41, 5.74) is 7.22. The Labute approximate surface area is 143 Å². The quantitative estimate of drug-likeness (QED) is 0.875. The highest BCUT2D eigenvalue weighted by Gasteiger charge is 2.48. The summed E-state index contributed by atoms with van der Waals surface area (Å²) in [6.45, 7) is 2.59. The van der Waals surface area contributed by atoms with Crippen LogP contribution in [-0.2, 0) is 16.8 Å². The molecule has 1 spiro atoms. The molecule has 2 aromatic rings. The van der Waals surface area contributed by atoms with E-state index in [1.807, 2.05) is 24.4 Å². The summed E-state index contributed by atoms with van der Waals surface area (Å²) in [6, 6.07) is 5.66. The van der Waals surface area contributed by atoms with Gasteiger partial charge in [-0.3, -0.25) is 9.69 Å². The molecule has 0 aliphatic carbocycles. The van der Waals surface area contributed by atoms with Gasteiger partial charge < -0.3 is 11.1 Å². The average molecular weight is 349 g/mol. The number of nitrogen functional groups attached to an aromatic ring is 1. The van der Waals surface area contributed by atoms with Crippen LogP contribution >= 0.6 is 22.9 Å². The number of benzene rings is 1. The van der Waals surface area contributed by atoms with E-state index < -0.39 is 5.41 Å². The Morgan fingerprint density at radius 3 is 2.87 bits per heavy atom. The number of thiazole rings is 1. The molecule has 2 aliphatic heterocycles. The zero-order valence-corrected chi connectivity index (χ0v) is 14.1. The molecule has 0 atom stereocenters. The Morgan fingerprint density at radius 1 is 1.39 bits per heavy atom. The lowest BCUT2D eigenvalue weighted by Crippen LogP contribution is -2.46. The van der Waals surface area contributed by atoms with E-state index in [2.05, 4.69) is 15.2 Å². The lowest BCUT2D eigenvalue weighted by atomic mass is 9.73. The van der Waals surface area contributed by atoms with Crippen LogP contribution in [0.3, 0.4) is 0 Å². The molecule has 7 heteroatoms. The summed E-state index contributed by atoms with van der Waals surface area (Å²) >= 11 is 7.67. The largest absolute Gasteiger partial charge is 0.375 e. The average Bonchev–Trinajstić information content (AvgIpc) is 3.05. The molecule has 1 aromatic heterocycles. The highest BCUT2D eigenvalue weighted by atomic mass is 35.5. The van der Waals surface area contributed by atoms with E-state index in [0.717, 1.165) is 48.6 Å². The maximum absolute atomic E-state index is 12.6. The van der Waals surface area contributed by atoms with Crippen molar-refractivity contribution < 1.29 is 4.79 Å². The number of carbonyl (C=O) groups excluding carboxylic acids is 1. The molecule has 0 unspecified atom stereocenters. The number of amides is 1. The minimum Gasteiger partial charge on any atom is -0.375 e. The summed E-state index contributed by atoms with van der Waals surface area (Å²) in [7, 11) is 0. The molecule has 23 heavy (non-hydrogen) atoms. The number of nitrogens with two attached hydrogens (primary N) is 1. The smallest absolute Gasteiger partial charge is 0.235 e. The van der Waals surface area contributed by atoms with Gasteiger partial charge in [-0.1, -0.05) is 11.6 Å². The van der Waals surface area contributed by atoms with Crippen molar-refractivity contribution in [3.05, 3.63) is 39.9 Å². The first-order valence-corrected chi connectivity index (χ1v) is 8.80. The van der Waals surface area contributed by atoms with E-state index in [1.165, 1.54) is 11.3 Å². The van der Waals surface area contributed by atoms with Gasteiger partial charge in [-0.25, -0.2) is 4.98 Å². The zero-order chi connectivity index (χ0) is 16.0. The third-order valence-electron chi connectivity index (χ3n) is 4.84. The van der Waals surface area contributed by atoms with E-state index in [0.29, 0.717) is 10.2 Å². The number of rotatable bonds is 2. The van der Waals surface area contributed by atoms with Gasteiger partial charge in [-0.05, 0) is 49.7 Å². The number of carbonyl (C=O) groups is 1. The van der Waals surface area contributed by atoms with Crippen molar-refractivity contribution in [3.63, 3.8) is 0 Å². The van der Waals surface area contributed by atoms with E-state index in [4.69, 9.17) is 17.3 Å². The summed E-state index contributed by atoms with van der Waals surface area (Å²) in [4.78, 5) is 20.2. The summed E-state index contributed by atoms with van der Waals surface area (Å²) in [5.74, 6) is 0.108. The Morgan fingerprint density at radius 2 is 2.17 bits per heavy atom. The zero-order valence-electron chi connectivity index (χ0n) is 12.5. The molecule has 2 aliphatic rings. The highest BCUT2D eigenvalue weighted by molar-refractivity contribution is 7.15. The minimum absolute atomic E-state index is 0.108. The van der Waals surface area contributed by atoms with Gasteiger partial charge in [0, 0.05) is 28.3 Å². The van der Waals surface area contributed by atoms with Gasteiger partial charge in [0.2, 0.25) is 5.91 Å². The first-order valence-electron chi connectivity index (χ1n) is 7.61. The van der Waals surface area contributed by atoms with Crippen LogP contribution in [-0.4, -0.2) is 28.9 Å². The second-order valence-corrected chi connectivity index (χ2v) is 7.75. The number of aromatic nitrogens is 1. The van der Waals surface area contributed by atoms with Gasteiger partial charge in [0.25, 0.3) is 0 Å². The number of piperidine rings is 1. The van der Waals surface area contributed by atoms with Crippen molar-refractivity contribution in [1.29, 1.82) is 0 Å². The molecule has 1 aromatic carbocycles. The fourth-order valence-corrected chi connectivity index (χ4v) is 4.49. The van der Waals surface area contributed by atoms with Gasteiger partial charge in [-0.15, -0.1) is 11.3 Å². The first-order chi connectivity index (χ1) is 11.1. The van der Waals surface area contributed by atoms with Crippen LogP contribution in [0.5, 0.6) is 0 Å². The predicted molar refractivity (Wildman–Crippen MR) is 92.8 cm³/mol. The van der Waals surface area contributed by atoms with Crippen molar-refractivity contribution in [1.82, 2.24) is 9.88 Å². The van der Waals surface area contributed by atoms with E-state index >= 15 is 0 Å². The molecule has 120 valence electrons. The molecular weight excluding hydrogens is 332 g/mol. The number of nitrogens with zero attached hydrogens (tertiary/aromatic N) is 2. The first kappa shape index (κ1) is 14.9.